The second-order valence-corrected chi connectivity index (χ2v) is 7.69. The lowest BCUT2D eigenvalue weighted by molar-refractivity contribution is 0.362. The average molecular weight is 345 g/mol. The van der Waals surface area contributed by atoms with E-state index in [0.29, 0.717) is 17.8 Å². The van der Waals surface area contributed by atoms with E-state index in [2.05, 4.69) is 37.5 Å². The maximum absolute atomic E-state index is 5.70. The van der Waals surface area contributed by atoms with Gasteiger partial charge in [0.05, 0.1) is 0 Å². The van der Waals surface area contributed by atoms with Gasteiger partial charge in [-0.15, -0.1) is 0 Å². The van der Waals surface area contributed by atoms with Gasteiger partial charge in [-0.3, -0.25) is 0 Å². The first-order valence-corrected chi connectivity index (χ1v) is 9.95. The Labute approximate surface area is 151 Å². The van der Waals surface area contributed by atoms with Gasteiger partial charge in [0.15, 0.2) is 0 Å². The third-order valence-electron chi connectivity index (χ3n) is 5.88. The highest BCUT2D eigenvalue weighted by molar-refractivity contribution is 6.25. The van der Waals surface area contributed by atoms with E-state index in [9.17, 15) is 0 Å². The lowest BCUT2D eigenvalue weighted by Gasteiger charge is -2.28. The van der Waals surface area contributed by atoms with E-state index in [1.807, 2.05) is 0 Å². The molecular weight excluding hydrogens is 316 g/mol. The Morgan fingerprint density at radius 1 is 0.833 bits per heavy atom. The summed E-state index contributed by atoms with van der Waals surface area (Å²) in [7, 11) is 0. The molecule has 2 fully saturated rings. The van der Waals surface area contributed by atoms with Crippen LogP contribution in [0.4, 0.5) is 0 Å². The van der Waals surface area contributed by atoms with Crippen LogP contribution in [-0.2, 0) is 0 Å². The van der Waals surface area contributed by atoms with Crippen LogP contribution in [0.5, 0.6) is 0 Å². The quantitative estimate of drug-likeness (QED) is 0.594. The van der Waals surface area contributed by atoms with Gasteiger partial charge in [-0.25, -0.2) is 9.97 Å². The molecule has 3 heteroatoms. The summed E-state index contributed by atoms with van der Waals surface area (Å²) in [6, 6.07) is 0. The van der Waals surface area contributed by atoms with Gasteiger partial charge in [0.25, 0.3) is 0 Å². The van der Waals surface area contributed by atoms with Gasteiger partial charge < -0.3 is 0 Å². The minimum absolute atomic E-state index is 0.532. The topological polar surface area (TPSA) is 25.8 Å². The molecule has 0 bridgehead atoms. The van der Waals surface area contributed by atoms with Gasteiger partial charge in [0.2, 0.25) is 0 Å². The first-order chi connectivity index (χ1) is 11.8. The van der Waals surface area contributed by atoms with E-state index >= 15 is 0 Å². The highest BCUT2D eigenvalue weighted by atomic mass is 35.5. The van der Waals surface area contributed by atoms with Crippen molar-refractivity contribution in [3.05, 3.63) is 47.5 Å². The van der Waals surface area contributed by atoms with E-state index in [0.717, 1.165) is 11.7 Å². The molecule has 2 aliphatic rings. The van der Waals surface area contributed by atoms with Gasteiger partial charge >= 0.3 is 0 Å². The Balaban J connectivity index is 1.54. The van der Waals surface area contributed by atoms with Gasteiger partial charge in [0, 0.05) is 23.8 Å². The molecular formula is C21H29ClN2. The van der Waals surface area contributed by atoms with Crippen LogP contribution < -0.4 is 0 Å². The minimum atomic E-state index is 0.532. The van der Waals surface area contributed by atoms with Crippen molar-refractivity contribution in [1.82, 2.24) is 9.97 Å². The molecule has 2 nitrogen and oxygen atoms in total. The maximum atomic E-state index is 5.70. The molecule has 2 aliphatic carbocycles. The van der Waals surface area contributed by atoms with Gasteiger partial charge in [-0.2, -0.15) is 0 Å². The summed E-state index contributed by atoms with van der Waals surface area (Å²) >= 11 is 5.70. The van der Waals surface area contributed by atoms with Crippen molar-refractivity contribution in [3.8, 4) is 0 Å². The number of rotatable bonds is 4. The van der Waals surface area contributed by atoms with Gasteiger partial charge in [0.1, 0.15) is 5.82 Å². The Morgan fingerprint density at radius 2 is 1.38 bits per heavy atom. The summed E-state index contributed by atoms with van der Waals surface area (Å²) in [5.74, 6) is 3.67. The fourth-order valence-electron chi connectivity index (χ4n) is 4.36. The maximum Gasteiger partial charge on any atom is 0.131 e. The van der Waals surface area contributed by atoms with Crippen LogP contribution in [0.1, 0.15) is 81.5 Å². The van der Waals surface area contributed by atoms with Crippen molar-refractivity contribution in [3.63, 3.8) is 0 Å². The summed E-state index contributed by atoms with van der Waals surface area (Å²) in [6.07, 6.45) is 20.8. The van der Waals surface area contributed by atoms with E-state index in [4.69, 9.17) is 21.6 Å². The van der Waals surface area contributed by atoms with Crippen LogP contribution in [0.25, 0.3) is 0 Å². The second kappa shape index (κ2) is 8.80. The fraction of sp³-hybridized carbons (Fsp3) is 0.619. The molecule has 0 aromatic carbocycles. The van der Waals surface area contributed by atoms with Gasteiger partial charge in [-0.05, 0) is 81.6 Å². The molecule has 0 N–H and O–H groups in total. The highest BCUT2D eigenvalue weighted by Crippen LogP contribution is 2.37. The lowest BCUT2D eigenvalue weighted by Crippen LogP contribution is -2.15. The van der Waals surface area contributed by atoms with Crippen molar-refractivity contribution in [2.24, 2.45) is 11.8 Å². The molecule has 1 heterocycles. The van der Waals surface area contributed by atoms with E-state index in [1.165, 1.54) is 56.9 Å². The van der Waals surface area contributed by atoms with Crippen LogP contribution in [0, 0.1) is 11.8 Å². The first-order valence-electron chi connectivity index (χ1n) is 9.51. The Kier molecular flexibility index (Phi) is 6.48. The predicted molar refractivity (Wildman–Crippen MR) is 101 cm³/mol. The molecule has 24 heavy (non-hydrogen) atoms. The van der Waals surface area contributed by atoms with E-state index < -0.39 is 0 Å². The molecule has 0 aliphatic heterocycles. The van der Waals surface area contributed by atoms with Crippen LogP contribution in [0.2, 0.25) is 0 Å². The molecule has 0 radical (unpaired) electrons. The molecule has 0 spiro atoms. The molecule has 2 saturated carbocycles. The number of halogens is 1. The predicted octanol–water partition coefficient (Wildman–Crippen LogP) is 6.35. The normalized spacial score (nSPS) is 31.8. The number of nitrogens with zero attached hydrogens (tertiary/aromatic N) is 2. The first kappa shape index (κ1) is 17.7. The highest BCUT2D eigenvalue weighted by Gasteiger charge is 2.24. The second-order valence-electron chi connectivity index (χ2n) is 7.44. The largest absolute Gasteiger partial charge is 0.241 e. The lowest BCUT2D eigenvalue weighted by atomic mass is 9.79. The summed E-state index contributed by atoms with van der Waals surface area (Å²) < 4.78 is 0. The third kappa shape index (κ3) is 4.47. The third-order valence-corrected chi connectivity index (χ3v) is 6.03. The van der Waals surface area contributed by atoms with Gasteiger partial charge in [-0.1, -0.05) is 29.8 Å². The van der Waals surface area contributed by atoms with Crippen molar-refractivity contribution in [2.45, 2.75) is 70.1 Å². The SMILES string of the molecule is C/C=C/C1CCC(c2cnc(C3CCC(/C=C/Cl)CC3)nc2)CC1. The molecule has 0 saturated heterocycles. The number of hydrogen-bond donors (Lipinski definition) is 0. The Hall–Kier alpha value is -1.15. The Morgan fingerprint density at radius 3 is 1.92 bits per heavy atom. The van der Waals surface area contributed by atoms with Crippen LogP contribution in [0.3, 0.4) is 0 Å². The average Bonchev–Trinajstić information content (AvgIpc) is 2.64. The summed E-state index contributed by atoms with van der Waals surface area (Å²) in [5.41, 5.74) is 3.01. The van der Waals surface area contributed by atoms with Crippen molar-refractivity contribution >= 4 is 11.6 Å². The van der Waals surface area contributed by atoms with E-state index in [-0.39, 0.29) is 0 Å². The van der Waals surface area contributed by atoms with Crippen LogP contribution >= 0.6 is 11.6 Å². The smallest absolute Gasteiger partial charge is 0.131 e. The molecule has 130 valence electrons. The molecule has 1 aromatic rings. The van der Waals surface area contributed by atoms with Crippen LogP contribution in [0.15, 0.2) is 36.2 Å². The van der Waals surface area contributed by atoms with E-state index in [1.54, 1.807) is 5.54 Å². The molecule has 1 aromatic heterocycles. The standard InChI is InChI=1S/C21H29ClN2/c1-2-3-16-4-8-18(9-5-16)20-14-23-21(24-15-20)19-10-6-17(7-11-19)12-13-22/h2-3,12-19H,4-11H2,1H3/b3-2+,13-12+. The number of hydrogen-bond acceptors (Lipinski definition) is 2. The molecule has 3 rings (SSSR count). The zero-order valence-electron chi connectivity index (χ0n) is 14.7. The van der Waals surface area contributed by atoms with Crippen molar-refractivity contribution < 1.29 is 0 Å². The molecule has 0 amide bonds. The summed E-state index contributed by atoms with van der Waals surface area (Å²) in [4.78, 5) is 9.47. The summed E-state index contributed by atoms with van der Waals surface area (Å²) in [5, 5.41) is 0. The minimum Gasteiger partial charge on any atom is -0.241 e. The fourth-order valence-corrected chi connectivity index (χ4v) is 4.57. The summed E-state index contributed by atoms with van der Waals surface area (Å²) in [6.45, 7) is 2.12. The molecule has 0 unspecified atom stereocenters. The van der Waals surface area contributed by atoms with Crippen molar-refractivity contribution in [1.29, 1.82) is 0 Å². The van der Waals surface area contributed by atoms with Crippen molar-refractivity contribution in [2.75, 3.05) is 0 Å². The Bertz CT molecular complexity index is 497. The molecule has 0 atom stereocenters. The monoisotopic (exact) mass is 344 g/mol. The number of allylic oxidation sites excluding steroid dienone is 3. The zero-order valence-corrected chi connectivity index (χ0v) is 15.5. The number of aromatic nitrogens is 2. The zero-order chi connectivity index (χ0) is 16.8. The van der Waals surface area contributed by atoms with Crippen LogP contribution in [-0.4, -0.2) is 9.97 Å².